The van der Waals surface area contributed by atoms with E-state index in [0.29, 0.717) is 25.5 Å². The van der Waals surface area contributed by atoms with E-state index in [2.05, 4.69) is 13.0 Å². The Morgan fingerprint density at radius 1 is 1.32 bits per heavy atom. The van der Waals surface area contributed by atoms with Gasteiger partial charge in [-0.3, -0.25) is 0 Å². The van der Waals surface area contributed by atoms with E-state index in [-0.39, 0.29) is 30.9 Å². The monoisotopic (exact) mass is 271 g/mol. The summed E-state index contributed by atoms with van der Waals surface area (Å²) in [7, 11) is 4.14. The smallest absolute Gasteiger partial charge is 0.210 e. The van der Waals surface area contributed by atoms with Gasteiger partial charge in [0.05, 0.1) is 18.8 Å². The fourth-order valence-electron chi connectivity index (χ4n) is 3.12. The molecule has 2 aliphatic rings. The minimum atomic E-state index is -0.444. The third-order valence-electron chi connectivity index (χ3n) is 4.14. The highest BCUT2D eigenvalue weighted by atomic mass is 16.7. The molecule has 1 heterocycles. The van der Waals surface area contributed by atoms with E-state index in [4.69, 9.17) is 15.6 Å². The summed E-state index contributed by atoms with van der Waals surface area (Å²) in [6.45, 7) is 0.969. The third kappa shape index (κ3) is 4.20. The minimum Gasteiger partial charge on any atom is -0.396 e. The van der Waals surface area contributed by atoms with Crippen molar-refractivity contribution in [1.82, 2.24) is 0 Å². The molecule has 5 nitrogen and oxygen atoms in total. The summed E-state index contributed by atoms with van der Waals surface area (Å²) in [4.78, 5) is 0. The number of hydrogen-bond acceptors (Lipinski definition) is 5. The maximum Gasteiger partial charge on any atom is 0.210 e. The average Bonchev–Trinajstić information content (AvgIpc) is 2.88. The molecule has 0 aromatic heterocycles. The molecule has 0 bridgehead atoms. The minimum absolute atomic E-state index is 0.0915. The van der Waals surface area contributed by atoms with Crippen LogP contribution in [-0.4, -0.2) is 71.7 Å². The maximum atomic E-state index is 9.73. The Labute approximate surface area is 117 Å². The van der Waals surface area contributed by atoms with E-state index in [0.717, 1.165) is 12.8 Å². The largest absolute Gasteiger partial charge is 0.396 e. The molecule has 0 aromatic rings. The number of rotatable bonds is 7. The van der Waals surface area contributed by atoms with Crippen molar-refractivity contribution >= 4 is 15.7 Å². The fraction of sp³-hybridized carbons (Fsp3) is 1.00. The Balaban J connectivity index is 1.63. The van der Waals surface area contributed by atoms with Crippen molar-refractivity contribution < 1.29 is 24.4 Å². The summed E-state index contributed by atoms with van der Waals surface area (Å²) in [5, 5.41) is 14.2. The molecule has 1 saturated carbocycles. The van der Waals surface area contributed by atoms with Crippen LogP contribution < -0.4 is 0 Å². The van der Waals surface area contributed by atoms with Gasteiger partial charge in [-0.1, -0.05) is 5.82 Å². The van der Waals surface area contributed by atoms with Crippen molar-refractivity contribution in [3.63, 3.8) is 0 Å². The van der Waals surface area contributed by atoms with E-state index < -0.39 is 6.10 Å². The van der Waals surface area contributed by atoms with Gasteiger partial charge < -0.3 is 24.4 Å². The van der Waals surface area contributed by atoms with Crippen LogP contribution in [0, 0.1) is 5.92 Å². The van der Waals surface area contributed by atoms with Crippen LogP contribution in [0.5, 0.6) is 0 Å². The Hall–Kier alpha value is -0.0701. The van der Waals surface area contributed by atoms with Crippen LogP contribution in [0.15, 0.2) is 0 Å². The highest BCUT2D eigenvalue weighted by molar-refractivity contribution is 6.11. The van der Waals surface area contributed by atoms with Gasteiger partial charge in [0.1, 0.15) is 28.6 Å². The molecule has 1 saturated heterocycles. The molecule has 0 radical (unpaired) electrons. The Bertz CT molecular complexity index is 299. The molecular formula is C12H24B2O5. The first-order chi connectivity index (χ1) is 9.60. The normalized spacial score (nSPS) is 43.5. The zero-order chi connectivity index (χ0) is 14.5. The predicted molar refractivity (Wildman–Crippen MR) is 75.6 cm³/mol. The molecule has 2 fully saturated rings. The molecule has 6 atom stereocenters. The summed E-state index contributed by atoms with van der Waals surface area (Å²) >= 11 is 0. The summed E-state index contributed by atoms with van der Waals surface area (Å²) in [5.74, 6) is 0.875. The zero-order valence-electron chi connectivity index (χ0n) is 12.8. The summed E-state index contributed by atoms with van der Waals surface area (Å²) < 4.78 is 23.6. The number of hydrogen-bond donors (Lipinski definition) is 2. The van der Waals surface area contributed by atoms with Gasteiger partial charge in [-0.25, -0.2) is 0 Å². The van der Waals surface area contributed by atoms with Gasteiger partial charge in [-0.05, 0) is 19.3 Å². The molecule has 2 rings (SSSR count). The lowest BCUT2D eigenvalue weighted by molar-refractivity contribution is -0.129. The first-order valence-electron chi connectivity index (χ1n) is 7.62. The number of aliphatic hydroxyl groups is 2. The Morgan fingerprint density at radius 3 is 2.84 bits per heavy atom. The second kappa shape index (κ2) is 7.09. The standard InChI is InChI=1S/C12H24B2O5/c13-8-1-7(4-15)10(2-8)18-6-17-5-11-9(16)3-12(14)19-11/h7-12,15-16H,1-6,13-14H2/i15D. The quantitative estimate of drug-likeness (QED) is 0.327. The molecule has 108 valence electrons. The van der Waals surface area contributed by atoms with Crippen LogP contribution >= 0.6 is 0 Å². The molecule has 1 aliphatic carbocycles. The van der Waals surface area contributed by atoms with E-state index >= 15 is 0 Å². The average molecular weight is 271 g/mol. The van der Waals surface area contributed by atoms with Crippen LogP contribution in [0.1, 0.15) is 19.3 Å². The van der Waals surface area contributed by atoms with Crippen LogP contribution in [0.4, 0.5) is 0 Å². The van der Waals surface area contributed by atoms with Gasteiger partial charge in [-0.15, -0.1) is 0 Å². The zero-order valence-corrected chi connectivity index (χ0v) is 11.8. The first kappa shape index (κ1) is 13.9. The van der Waals surface area contributed by atoms with Crippen LogP contribution in [0.25, 0.3) is 0 Å². The van der Waals surface area contributed by atoms with E-state index in [9.17, 15) is 5.11 Å². The van der Waals surface area contributed by atoms with E-state index in [1.54, 1.807) is 0 Å². The van der Waals surface area contributed by atoms with Gasteiger partial charge >= 0.3 is 0 Å². The third-order valence-corrected chi connectivity index (χ3v) is 4.14. The Morgan fingerprint density at radius 2 is 2.16 bits per heavy atom. The number of ether oxygens (including phenoxy) is 3. The molecular weight excluding hydrogens is 246 g/mol. The second-order valence-corrected chi connectivity index (χ2v) is 5.99. The molecule has 7 heteroatoms. The molecule has 2 N–H and O–H groups in total. The highest BCUT2D eigenvalue weighted by Crippen LogP contribution is 2.35. The molecule has 19 heavy (non-hydrogen) atoms. The molecule has 1 aliphatic heterocycles. The summed E-state index contributed by atoms with van der Waals surface area (Å²) in [6, 6.07) is 0.0915. The molecule has 6 unspecified atom stereocenters. The topological polar surface area (TPSA) is 68.2 Å². The lowest BCUT2D eigenvalue weighted by Crippen LogP contribution is -2.28. The SMILES string of the molecule is [2H]OCC1CC(B)CC1OCOCC1OC(B)CC1O. The van der Waals surface area contributed by atoms with Gasteiger partial charge in [0.15, 0.2) is 0 Å². The van der Waals surface area contributed by atoms with Crippen molar-refractivity contribution in [2.75, 3.05) is 20.0 Å². The van der Waals surface area contributed by atoms with Gasteiger partial charge in [0, 0.05) is 18.5 Å². The first-order valence-corrected chi connectivity index (χ1v) is 7.21. The molecule has 0 amide bonds. The lowest BCUT2D eigenvalue weighted by Gasteiger charge is -2.19. The lowest BCUT2D eigenvalue weighted by atomic mass is 9.85. The van der Waals surface area contributed by atoms with Crippen molar-refractivity contribution in [3.05, 3.63) is 0 Å². The second-order valence-electron chi connectivity index (χ2n) is 5.99. The fourth-order valence-corrected chi connectivity index (χ4v) is 3.12. The number of aliphatic hydroxyl groups excluding tert-OH is 2. The van der Waals surface area contributed by atoms with E-state index in [1.807, 2.05) is 7.85 Å². The van der Waals surface area contributed by atoms with Gasteiger partial charge in [0.25, 0.3) is 0 Å². The van der Waals surface area contributed by atoms with Crippen molar-refractivity contribution in [2.24, 2.45) is 5.92 Å². The predicted octanol–water partition coefficient (Wildman–Crippen LogP) is -1.72. The van der Waals surface area contributed by atoms with Gasteiger partial charge in [0.2, 0.25) is 1.43 Å². The highest BCUT2D eigenvalue weighted by Gasteiger charge is 2.33. The van der Waals surface area contributed by atoms with Crippen LogP contribution in [0.3, 0.4) is 0 Å². The molecule has 0 aromatic carbocycles. The molecule has 0 spiro atoms. The van der Waals surface area contributed by atoms with Crippen LogP contribution in [0.2, 0.25) is 5.82 Å². The summed E-state index contributed by atoms with van der Waals surface area (Å²) in [6.07, 6.45) is 2.09. The van der Waals surface area contributed by atoms with E-state index in [1.165, 1.54) is 0 Å². The van der Waals surface area contributed by atoms with Crippen molar-refractivity contribution in [1.29, 1.82) is 1.43 Å². The van der Waals surface area contributed by atoms with Crippen molar-refractivity contribution in [2.45, 2.75) is 49.4 Å². The van der Waals surface area contributed by atoms with Gasteiger partial charge in [-0.2, -0.15) is 0 Å². The van der Waals surface area contributed by atoms with Crippen LogP contribution in [-0.2, 0) is 14.2 Å². The Kier molecular flexibility index (Phi) is 5.18. The summed E-state index contributed by atoms with van der Waals surface area (Å²) in [5.41, 5.74) is 0. The van der Waals surface area contributed by atoms with Crippen molar-refractivity contribution in [3.8, 4) is 0 Å². The maximum absolute atomic E-state index is 9.73.